The van der Waals surface area contributed by atoms with Gasteiger partial charge >= 0.3 is 6.18 Å². The third-order valence-electron chi connectivity index (χ3n) is 1.74. The van der Waals surface area contributed by atoms with Gasteiger partial charge in [0.25, 0.3) is 0 Å². The summed E-state index contributed by atoms with van der Waals surface area (Å²) < 4.78 is 49.8. The van der Waals surface area contributed by atoms with E-state index in [1.807, 2.05) is 0 Å². The predicted molar refractivity (Wildman–Crippen MR) is 56.8 cm³/mol. The number of alkyl halides is 3. The highest BCUT2D eigenvalue weighted by molar-refractivity contribution is 7.80. The Balaban J connectivity index is 3.05. The summed E-state index contributed by atoms with van der Waals surface area (Å²) in [5.41, 5.74) is -1.14. The van der Waals surface area contributed by atoms with Gasteiger partial charge in [-0.3, -0.25) is 0 Å². The van der Waals surface area contributed by atoms with Crippen LogP contribution in [-0.4, -0.2) is 5.75 Å². The molecule has 16 heavy (non-hydrogen) atoms. The molecule has 1 aromatic carbocycles. The van der Waals surface area contributed by atoms with Crippen LogP contribution in [0.5, 0.6) is 0 Å². The molecule has 0 saturated carbocycles. The van der Waals surface area contributed by atoms with Gasteiger partial charge in [0.2, 0.25) is 0 Å². The van der Waals surface area contributed by atoms with Crippen molar-refractivity contribution in [3.8, 4) is 11.8 Å². The number of benzene rings is 1. The minimum absolute atomic E-state index is 0.149. The number of thiol groups is 1. The van der Waals surface area contributed by atoms with Gasteiger partial charge < -0.3 is 0 Å². The lowest BCUT2D eigenvalue weighted by atomic mass is 10.1. The maximum absolute atomic E-state index is 12.9. The summed E-state index contributed by atoms with van der Waals surface area (Å²) in [7, 11) is 0. The van der Waals surface area contributed by atoms with E-state index in [0.29, 0.717) is 18.2 Å². The fraction of sp³-hybridized carbons (Fsp3) is 0.273. The van der Waals surface area contributed by atoms with E-state index in [1.165, 1.54) is 6.07 Å². The number of hydrogen-bond donors (Lipinski definition) is 1. The maximum Gasteiger partial charge on any atom is 0.419 e. The van der Waals surface area contributed by atoms with E-state index in [9.17, 15) is 17.6 Å². The zero-order valence-corrected chi connectivity index (χ0v) is 9.00. The first kappa shape index (κ1) is 12.9. The molecule has 0 aromatic heterocycles. The summed E-state index contributed by atoms with van der Waals surface area (Å²) >= 11 is 3.91. The molecule has 0 atom stereocenters. The van der Waals surface area contributed by atoms with Gasteiger partial charge in [0.1, 0.15) is 5.82 Å². The Kier molecular flexibility index (Phi) is 4.25. The highest BCUT2D eigenvalue weighted by atomic mass is 32.1. The molecule has 1 rings (SSSR count). The summed E-state index contributed by atoms with van der Waals surface area (Å²) in [6.07, 6.45) is -4.22. The second-order valence-corrected chi connectivity index (χ2v) is 3.41. The van der Waals surface area contributed by atoms with Crippen LogP contribution < -0.4 is 0 Å². The van der Waals surface area contributed by atoms with Gasteiger partial charge in [0.15, 0.2) is 0 Å². The lowest BCUT2D eigenvalue weighted by Gasteiger charge is -2.07. The molecule has 0 heterocycles. The van der Waals surface area contributed by atoms with Crippen LogP contribution in [0.2, 0.25) is 0 Å². The number of hydrogen-bond acceptors (Lipinski definition) is 1. The number of halogens is 4. The highest BCUT2D eigenvalue weighted by Crippen LogP contribution is 2.31. The first-order valence-electron chi connectivity index (χ1n) is 4.41. The summed E-state index contributed by atoms with van der Waals surface area (Å²) in [5, 5.41) is 0. The minimum Gasteiger partial charge on any atom is -0.206 e. The zero-order chi connectivity index (χ0) is 12.2. The molecule has 0 amide bonds. The molecule has 0 bridgehead atoms. The van der Waals surface area contributed by atoms with Crippen molar-refractivity contribution in [1.82, 2.24) is 0 Å². The molecule has 5 heteroatoms. The molecule has 0 nitrogen and oxygen atoms in total. The molecule has 0 aliphatic carbocycles. The molecule has 0 fully saturated rings. The second kappa shape index (κ2) is 5.26. The first-order valence-corrected chi connectivity index (χ1v) is 5.05. The zero-order valence-electron chi connectivity index (χ0n) is 8.11. The van der Waals surface area contributed by atoms with Crippen molar-refractivity contribution in [2.75, 3.05) is 5.75 Å². The normalized spacial score (nSPS) is 10.8. The molecule has 0 N–H and O–H groups in total. The third-order valence-corrected chi connectivity index (χ3v) is 1.96. The average Bonchev–Trinajstić information content (AvgIpc) is 2.19. The Morgan fingerprint density at radius 3 is 2.50 bits per heavy atom. The van der Waals surface area contributed by atoms with Crippen LogP contribution in [0.1, 0.15) is 17.5 Å². The monoisotopic (exact) mass is 248 g/mol. The maximum atomic E-state index is 12.9. The predicted octanol–water partition coefficient (Wildman–Crippen LogP) is 3.52. The number of rotatable bonds is 1. The van der Waals surface area contributed by atoms with Gasteiger partial charge in [0, 0.05) is 17.7 Å². The molecule has 0 radical (unpaired) electrons. The molecule has 0 aliphatic rings. The first-order chi connectivity index (χ1) is 7.45. The van der Waals surface area contributed by atoms with Crippen LogP contribution in [0, 0.1) is 17.7 Å². The molecular formula is C11H8F4S. The third kappa shape index (κ3) is 3.46. The Morgan fingerprint density at radius 1 is 1.25 bits per heavy atom. The van der Waals surface area contributed by atoms with Gasteiger partial charge in [-0.05, 0) is 18.2 Å². The van der Waals surface area contributed by atoms with E-state index in [4.69, 9.17) is 0 Å². The van der Waals surface area contributed by atoms with Gasteiger partial charge in [-0.25, -0.2) is 4.39 Å². The molecule has 0 unspecified atom stereocenters. The average molecular weight is 248 g/mol. The Morgan fingerprint density at radius 2 is 1.94 bits per heavy atom. The SMILES string of the molecule is Fc1ccc(C#CCCS)cc1C(F)(F)F. The summed E-state index contributed by atoms with van der Waals surface area (Å²) in [4.78, 5) is 0. The van der Waals surface area contributed by atoms with Gasteiger partial charge in [-0.2, -0.15) is 25.8 Å². The van der Waals surface area contributed by atoms with Crippen molar-refractivity contribution in [2.24, 2.45) is 0 Å². The lowest BCUT2D eigenvalue weighted by Crippen LogP contribution is -2.08. The Hall–Kier alpha value is -1.15. The van der Waals surface area contributed by atoms with Crippen LogP contribution in [0.4, 0.5) is 17.6 Å². The minimum atomic E-state index is -4.69. The molecular weight excluding hydrogens is 240 g/mol. The van der Waals surface area contributed by atoms with E-state index in [1.54, 1.807) is 0 Å². The Bertz CT molecular complexity index is 426. The fourth-order valence-corrected chi connectivity index (χ4v) is 1.15. The van der Waals surface area contributed by atoms with E-state index in [2.05, 4.69) is 24.5 Å². The van der Waals surface area contributed by atoms with Gasteiger partial charge in [-0.1, -0.05) is 11.8 Å². The van der Waals surface area contributed by atoms with Crippen molar-refractivity contribution in [3.63, 3.8) is 0 Å². The van der Waals surface area contributed by atoms with E-state index >= 15 is 0 Å². The molecule has 86 valence electrons. The van der Waals surface area contributed by atoms with Crippen LogP contribution in [0.25, 0.3) is 0 Å². The second-order valence-electron chi connectivity index (χ2n) is 2.97. The van der Waals surface area contributed by atoms with Gasteiger partial charge in [0.05, 0.1) is 5.56 Å². The van der Waals surface area contributed by atoms with Crippen molar-refractivity contribution in [3.05, 3.63) is 35.1 Å². The molecule has 1 aromatic rings. The van der Waals surface area contributed by atoms with Crippen molar-refractivity contribution >= 4 is 12.6 Å². The van der Waals surface area contributed by atoms with Crippen molar-refractivity contribution in [1.29, 1.82) is 0 Å². The molecule has 0 aliphatic heterocycles. The van der Waals surface area contributed by atoms with Crippen molar-refractivity contribution in [2.45, 2.75) is 12.6 Å². The summed E-state index contributed by atoms with van der Waals surface area (Å²) in [5.74, 6) is 4.40. The van der Waals surface area contributed by atoms with Crippen LogP contribution in [0.3, 0.4) is 0 Å². The van der Waals surface area contributed by atoms with E-state index in [0.717, 1.165) is 6.07 Å². The standard InChI is InChI=1S/C11H8F4S/c12-10-5-4-8(3-1-2-6-16)7-9(10)11(13,14)15/h4-5,7,16H,2,6H2. The smallest absolute Gasteiger partial charge is 0.206 e. The highest BCUT2D eigenvalue weighted by Gasteiger charge is 2.34. The largest absolute Gasteiger partial charge is 0.419 e. The Labute approximate surface area is 96.1 Å². The topological polar surface area (TPSA) is 0 Å². The van der Waals surface area contributed by atoms with Gasteiger partial charge in [-0.15, -0.1) is 0 Å². The summed E-state index contributed by atoms with van der Waals surface area (Å²) in [6, 6.07) is 2.70. The van der Waals surface area contributed by atoms with Crippen LogP contribution >= 0.6 is 12.6 Å². The summed E-state index contributed by atoms with van der Waals surface area (Å²) in [6.45, 7) is 0. The van der Waals surface area contributed by atoms with Crippen molar-refractivity contribution < 1.29 is 17.6 Å². The molecule has 0 spiro atoms. The van der Waals surface area contributed by atoms with E-state index in [-0.39, 0.29) is 5.56 Å². The quantitative estimate of drug-likeness (QED) is 0.439. The molecule has 0 saturated heterocycles. The fourth-order valence-electron chi connectivity index (χ4n) is 1.04. The van der Waals surface area contributed by atoms with Crippen LogP contribution in [-0.2, 0) is 6.18 Å². The lowest BCUT2D eigenvalue weighted by molar-refractivity contribution is -0.140. The van der Waals surface area contributed by atoms with E-state index < -0.39 is 17.6 Å². The van der Waals surface area contributed by atoms with Crippen LogP contribution in [0.15, 0.2) is 18.2 Å².